The van der Waals surface area contributed by atoms with E-state index in [4.69, 9.17) is 0 Å². The Morgan fingerprint density at radius 3 is 2.75 bits per heavy atom. The Balaban J connectivity index is 1.74. The van der Waals surface area contributed by atoms with Crippen LogP contribution in [0.2, 0.25) is 0 Å². The van der Waals surface area contributed by atoms with Crippen LogP contribution in [0, 0.1) is 13.8 Å². The lowest BCUT2D eigenvalue weighted by atomic mass is 10.2. The third kappa shape index (κ3) is 5.72. The molecule has 0 atom stereocenters. The van der Waals surface area contributed by atoms with E-state index in [9.17, 15) is 0 Å². The van der Waals surface area contributed by atoms with E-state index < -0.39 is 0 Å². The molecule has 0 bridgehead atoms. The third-order valence-corrected chi connectivity index (χ3v) is 3.71. The van der Waals surface area contributed by atoms with Crippen LogP contribution in [0.3, 0.4) is 0 Å². The Morgan fingerprint density at radius 2 is 2.12 bits per heavy atom. The van der Waals surface area contributed by atoms with Crippen LogP contribution >= 0.6 is 0 Å². The standard InChI is InChI=1S/C17H29N7/c1-5-18-17(20-9-7-16-12-21-23(4)13-16)19-8-6-10-24-15(3)11-14(2)22-24/h11-13H,5-10H2,1-4H3,(H2,18,19,20). The van der Waals surface area contributed by atoms with Crippen molar-refractivity contribution in [3.8, 4) is 0 Å². The van der Waals surface area contributed by atoms with Crippen LogP contribution in [0.15, 0.2) is 23.5 Å². The summed E-state index contributed by atoms with van der Waals surface area (Å²) in [6.45, 7) is 9.57. The van der Waals surface area contributed by atoms with Gasteiger partial charge in [0.1, 0.15) is 0 Å². The van der Waals surface area contributed by atoms with E-state index in [1.54, 1.807) is 0 Å². The minimum absolute atomic E-state index is 0.778. The van der Waals surface area contributed by atoms with E-state index in [1.165, 1.54) is 11.3 Å². The summed E-state index contributed by atoms with van der Waals surface area (Å²) in [5, 5.41) is 15.3. The first-order valence-corrected chi connectivity index (χ1v) is 8.59. The maximum absolute atomic E-state index is 4.63. The van der Waals surface area contributed by atoms with Crippen molar-refractivity contribution in [2.24, 2.45) is 12.0 Å². The highest BCUT2D eigenvalue weighted by Gasteiger charge is 2.01. The molecule has 7 heteroatoms. The Morgan fingerprint density at radius 1 is 1.29 bits per heavy atom. The van der Waals surface area contributed by atoms with Crippen LogP contribution in [0.25, 0.3) is 0 Å². The van der Waals surface area contributed by atoms with Gasteiger partial charge in [-0.15, -0.1) is 0 Å². The largest absolute Gasteiger partial charge is 0.357 e. The van der Waals surface area contributed by atoms with Crippen molar-refractivity contribution in [1.82, 2.24) is 30.2 Å². The summed E-state index contributed by atoms with van der Waals surface area (Å²) in [6, 6.07) is 2.10. The molecular weight excluding hydrogens is 302 g/mol. The fraction of sp³-hybridized carbons (Fsp3) is 0.588. The lowest BCUT2D eigenvalue weighted by molar-refractivity contribution is 0.567. The average molecular weight is 331 g/mol. The summed E-state index contributed by atoms with van der Waals surface area (Å²) < 4.78 is 3.88. The van der Waals surface area contributed by atoms with Crippen molar-refractivity contribution in [3.63, 3.8) is 0 Å². The van der Waals surface area contributed by atoms with Crippen LogP contribution in [-0.4, -0.2) is 45.2 Å². The number of nitrogens with one attached hydrogen (secondary N) is 2. The number of rotatable bonds is 8. The second-order valence-electron chi connectivity index (χ2n) is 5.96. The van der Waals surface area contributed by atoms with Gasteiger partial charge in [0, 0.05) is 45.1 Å². The number of aromatic nitrogens is 4. The molecule has 2 aromatic rings. The Hall–Kier alpha value is -2.31. The maximum atomic E-state index is 4.63. The number of nitrogens with zero attached hydrogens (tertiary/aromatic N) is 5. The summed E-state index contributed by atoms with van der Waals surface area (Å²) in [6.07, 6.45) is 5.85. The van der Waals surface area contributed by atoms with Gasteiger partial charge < -0.3 is 10.6 Å². The normalized spacial score (nSPS) is 11.8. The van der Waals surface area contributed by atoms with Gasteiger partial charge in [0.05, 0.1) is 11.9 Å². The highest BCUT2D eigenvalue weighted by atomic mass is 15.3. The Labute approximate surface area is 144 Å². The molecule has 0 spiro atoms. The first kappa shape index (κ1) is 18.0. The molecule has 0 aliphatic heterocycles. The average Bonchev–Trinajstić information content (AvgIpc) is 3.08. The van der Waals surface area contributed by atoms with Crippen LogP contribution in [-0.2, 0) is 20.0 Å². The van der Waals surface area contributed by atoms with Gasteiger partial charge >= 0.3 is 0 Å². The molecule has 0 saturated carbocycles. The van der Waals surface area contributed by atoms with Crippen molar-refractivity contribution < 1.29 is 0 Å². The highest BCUT2D eigenvalue weighted by Crippen LogP contribution is 2.02. The zero-order chi connectivity index (χ0) is 17.4. The molecule has 2 heterocycles. The molecule has 132 valence electrons. The van der Waals surface area contributed by atoms with Gasteiger partial charge in [0.15, 0.2) is 5.96 Å². The van der Waals surface area contributed by atoms with E-state index in [0.717, 1.165) is 50.7 Å². The SMILES string of the molecule is CCNC(=NCCCn1nc(C)cc1C)NCCc1cnn(C)c1. The van der Waals surface area contributed by atoms with Crippen LogP contribution < -0.4 is 10.6 Å². The predicted molar refractivity (Wildman–Crippen MR) is 97.2 cm³/mol. The lowest BCUT2D eigenvalue weighted by Gasteiger charge is -2.11. The van der Waals surface area contributed by atoms with Crippen molar-refractivity contribution in [2.45, 2.75) is 40.2 Å². The van der Waals surface area contributed by atoms with Gasteiger partial charge in [0.25, 0.3) is 0 Å². The Bertz CT molecular complexity index is 654. The van der Waals surface area contributed by atoms with Crippen molar-refractivity contribution >= 4 is 5.96 Å². The summed E-state index contributed by atoms with van der Waals surface area (Å²) in [5.41, 5.74) is 3.50. The van der Waals surface area contributed by atoms with Gasteiger partial charge in [-0.2, -0.15) is 10.2 Å². The van der Waals surface area contributed by atoms with Crippen LogP contribution in [0.1, 0.15) is 30.3 Å². The molecule has 24 heavy (non-hydrogen) atoms. The summed E-state index contributed by atoms with van der Waals surface area (Å²) in [5.74, 6) is 0.870. The predicted octanol–water partition coefficient (Wildman–Crippen LogP) is 1.42. The molecule has 0 amide bonds. The Kier molecular flexibility index (Phi) is 6.84. The van der Waals surface area contributed by atoms with E-state index in [2.05, 4.69) is 45.7 Å². The maximum Gasteiger partial charge on any atom is 0.191 e. The number of aliphatic imine (C=N–C) groups is 1. The topological polar surface area (TPSA) is 72.1 Å². The first-order chi connectivity index (χ1) is 11.6. The molecule has 0 saturated heterocycles. The number of hydrogen-bond donors (Lipinski definition) is 2. The van der Waals surface area contributed by atoms with E-state index >= 15 is 0 Å². The number of aryl methyl sites for hydroxylation is 4. The smallest absolute Gasteiger partial charge is 0.191 e. The highest BCUT2D eigenvalue weighted by molar-refractivity contribution is 5.79. The molecular formula is C17H29N7. The molecule has 0 fully saturated rings. The second-order valence-corrected chi connectivity index (χ2v) is 5.96. The number of hydrogen-bond acceptors (Lipinski definition) is 3. The minimum Gasteiger partial charge on any atom is -0.357 e. The summed E-state index contributed by atoms with van der Waals surface area (Å²) >= 11 is 0. The van der Waals surface area contributed by atoms with E-state index in [0.29, 0.717) is 0 Å². The molecule has 2 aromatic heterocycles. The quantitative estimate of drug-likeness (QED) is 0.436. The van der Waals surface area contributed by atoms with Crippen molar-refractivity contribution in [2.75, 3.05) is 19.6 Å². The molecule has 0 aliphatic carbocycles. The first-order valence-electron chi connectivity index (χ1n) is 8.59. The van der Waals surface area contributed by atoms with Gasteiger partial charge in [-0.05, 0) is 45.2 Å². The van der Waals surface area contributed by atoms with Crippen LogP contribution in [0.5, 0.6) is 0 Å². The lowest BCUT2D eigenvalue weighted by Crippen LogP contribution is -2.38. The molecule has 7 nitrogen and oxygen atoms in total. The molecule has 0 unspecified atom stereocenters. The third-order valence-electron chi connectivity index (χ3n) is 3.71. The molecule has 0 aromatic carbocycles. The summed E-state index contributed by atoms with van der Waals surface area (Å²) in [7, 11) is 1.94. The van der Waals surface area contributed by atoms with Crippen LogP contribution in [0.4, 0.5) is 0 Å². The van der Waals surface area contributed by atoms with Gasteiger partial charge in [-0.25, -0.2) is 0 Å². The van der Waals surface area contributed by atoms with Gasteiger partial charge in [-0.1, -0.05) is 0 Å². The fourth-order valence-electron chi connectivity index (χ4n) is 2.58. The van der Waals surface area contributed by atoms with Crippen molar-refractivity contribution in [1.29, 1.82) is 0 Å². The zero-order valence-corrected chi connectivity index (χ0v) is 15.2. The fourth-order valence-corrected chi connectivity index (χ4v) is 2.58. The molecule has 2 N–H and O–H groups in total. The molecule has 0 aliphatic rings. The minimum atomic E-state index is 0.778. The monoisotopic (exact) mass is 331 g/mol. The van der Waals surface area contributed by atoms with E-state index in [-0.39, 0.29) is 0 Å². The molecule has 2 rings (SSSR count). The van der Waals surface area contributed by atoms with Crippen molar-refractivity contribution in [3.05, 3.63) is 35.4 Å². The number of guanidine groups is 1. The van der Waals surface area contributed by atoms with E-state index in [1.807, 2.05) is 35.7 Å². The summed E-state index contributed by atoms with van der Waals surface area (Å²) in [4.78, 5) is 4.63. The zero-order valence-electron chi connectivity index (χ0n) is 15.2. The molecule has 0 radical (unpaired) electrons. The van der Waals surface area contributed by atoms with Gasteiger partial charge in [0.2, 0.25) is 0 Å². The van der Waals surface area contributed by atoms with Gasteiger partial charge in [-0.3, -0.25) is 14.4 Å². The second kappa shape index (κ2) is 9.10.